The van der Waals surface area contributed by atoms with E-state index in [0.29, 0.717) is 24.5 Å². The van der Waals surface area contributed by atoms with Crippen LogP contribution >= 0.6 is 0 Å². The monoisotopic (exact) mass is 229 g/mol. The van der Waals surface area contributed by atoms with Gasteiger partial charge in [0.05, 0.1) is 12.2 Å². The molecule has 0 radical (unpaired) electrons. The second-order valence-corrected chi connectivity index (χ2v) is 6.04. The minimum atomic E-state index is -0.525. The van der Waals surface area contributed by atoms with Crippen molar-refractivity contribution in [1.82, 2.24) is 5.32 Å². The first kappa shape index (κ1) is 13.9. The molecule has 0 amide bonds. The molecule has 1 fully saturated rings. The average Bonchev–Trinajstić information content (AvgIpc) is 2.20. The number of methoxy groups -OCH3 is 1. The van der Waals surface area contributed by atoms with Gasteiger partial charge < -0.3 is 15.2 Å². The third kappa shape index (κ3) is 3.72. The highest BCUT2D eigenvalue weighted by Crippen LogP contribution is 2.43. The fourth-order valence-electron chi connectivity index (χ4n) is 2.66. The van der Waals surface area contributed by atoms with Crippen LogP contribution in [0.25, 0.3) is 0 Å². The molecule has 96 valence electrons. The van der Waals surface area contributed by atoms with Crippen LogP contribution < -0.4 is 5.32 Å². The highest BCUT2D eigenvalue weighted by atomic mass is 16.5. The Kier molecular flexibility index (Phi) is 4.77. The summed E-state index contributed by atoms with van der Waals surface area (Å²) in [4.78, 5) is 0. The average molecular weight is 229 g/mol. The van der Waals surface area contributed by atoms with Gasteiger partial charge in [-0.1, -0.05) is 20.8 Å². The summed E-state index contributed by atoms with van der Waals surface area (Å²) in [5, 5.41) is 13.8. The van der Waals surface area contributed by atoms with Crippen molar-refractivity contribution in [3.05, 3.63) is 0 Å². The van der Waals surface area contributed by atoms with Crippen molar-refractivity contribution >= 4 is 0 Å². The largest absolute Gasteiger partial charge is 0.388 e. The molecule has 2 atom stereocenters. The van der Waals surface area contributed by atoms with Gasteiger partial charge in [-0.25, -0.2) is 0 Å². The molecule has 0 aromatic carbocycles. The molecule has 1 aliphatic rings. The second kappa shape index (κ2) is 5.48. The van der Waals surface area contributed by atoms with Gasteiger partial charge in [0.2, 0.25) is 0 Å². The lowest BCUT2D eigenvalue weighted by atomic mass is 9.65. The number of rotatable bonds is 5. The Morgan fingerprint density at radius 3 is 2.62 bits per heavy atom. The van der Waals surface area contributed by atoms with Crippen LogP contribution in [0.15, 0.2) is 0 Å². The third-order valence-corrected chi connectivity index (χ3v) is 3.92. The molecule has 1 aliphatic carbocycles. The molecule has 3 heteroatoms. The molecule has 0 spiro atoms. The molecular formula is C13H27NO2. The third-order valence-electron chi connectivity index (χ3n) is 3.92. The van der Waals surface area contributed by atoms with Crippen molar-refractivity contribution in [2.45, 2.75) is 45.6 Å². The minimum Gasteiger partial charge on any atom is -0.388 e. The predicted octanol–water partition coefficient (Wildman–Crippen LogP) is 1.80. The van der Waals surface area contributed by atoms with Crippen LogP contribution in [0, 0.1) is 11.3 Å². The number of hydrogen-bond acceptors (Lipinski definition) is 3. The summed E-state index contributed by atoms with van der Waals surface area (Å²) in [5.41, 5.74) is -0.137. The number of hydrogen-bond donors (Lipinski definition) is 2. The first-order chi connectivity index (χ1) is 7.40. The summed E-state index contributed by atoms with van der Waals surface area (Å²) in [7, 11) is 1.70. The Labute approximate surface area is 99.6 Å². The molecule has 0 aliphatic heterocycles. The molecule has 0 bridgehead atoms. The van der Waals surface area contributed by atoms with Gasteiger partial charge in [0, 0.05) is 20.2 Å². The van der Waals surface area contributed by atoms with Crippen LogP contribution in [0.1, 0.15) is 40.0 Å². The summed E-state index contributed by atoms with van der Waals surface area (Å²) in [5.74, 6) is 0.367. The van der Waals surface area contributed by atoms with Crippen LogP contribution in [0.2, 0.25) is 0 Å². The van der Waals surface area contributed by atoms with Crippen LogP contribution in [-0.2, 0) is 4.74 Å². The first-order valence-electron chi connectivity index (χ1n) is 6.32. The predicted molar refractivity (Wildman–Crippen MR) is 66.5 cm³/mol. The quantitative estimate of drug-likeness (QED) is 0.706. The number of aliphatic hydroxyl groups is 1. The van der Waals surface area contributed by atoms with E-state index in [1.807, 2.05) is 0 Å². The van der Waals surface area contributed by atoms with E-state index in [9.17, 15) is 5.11 Å². The van der Waals surface area contributed by atoms with Crippen molar-refractivity contribution in [3.8, 4) is 0 Å². The summed E-state index contributed by atoms with van der Waals surface area (Å²) in [6.45, 7) is 8.96. The van der Waals surface area contributed by atoms with E-state index < -0.39 is 5.60 Å². The zero-order chi connectivity index (χ0) is 12.2. The first-order valence-corrected chi connectivity index (χ1v) is 6.32. The molecule has 3 nitrogen and oxygen atoms in total. The Morgan fingerprint density at radius 1 is 1.38 bits per heavy atom. The lowest BCUT2D eigenvalue weighted by Gasteiger charge is -2.45. The van der Waals surface area contributed by atoms with E-state index in [1.54, 1.807) is 7.11 Å². The van der Waals surface area contributed by atoms with Crippen LogP contribution in [-0.4, -0.2) is 37.5 Å². The van der Waals surface area contributed by atoms with E-state index >= 15 is 0 Å². The Bertz CT molecular complexity index is 218. The molecule has 0 aromatic heterocycles. The fourth-order valence-corrected chi connectivity index (χ4v) is 2.66. The van der Waals surface area contributed by atoms with Gasteiger partial charge in [-0.2, -0.15) is 0 Å². The van der Waals surface area contributed by atoms with E-state index in [0.717, 1.165) is 25.8 Å². The van der Waals surface area contributed by atoms with Gasteiger partial charge in [-0.15, -0.1) is 0 Å². The normalized spacial score (nSPS) is 33.9. The van der Waals surface area contributed by atoms with Gasteiger partial charge in [-0.05, 0) is 30.6 Å². The van der Waals surface area contributed by atoms with Gasteiger partial charge in [0.15, 0.2) is 0 Å². The smallest absolute Gasteiger partial charge is 0.0797 e. The van der Waals surface area contributed by atoms with Crippen LogP contribution in [0.3, 0.4) is 0 Å². The molecule has 1 saturated carbocycles. The van der Waals surface area contributed by atoms with Crippen molar-refractivity contribution in [2.75, 3.05) is 26.8 Å². The molecule has 2 unspecified atom stereocenters. The number of nitrogens with one attached hydrogen (secondary N) is 1. The highest BCUT2D eigenvalue weighted by Gasteiger charge is 2.41. The van der Waals surface area contributed by atoms with Gasteiger partial charge in [0.25, 0.3) is 0 Å². The lowest BCUT2D eigenvalue weighted by Crippen LogP contribution is -2.51. The molecule has 2 N–H and O–H groups in total. The van der Waals surface area contributed by atoms with Gasteiger partial charge >= 0.3 is 0 Å². The summed E-state index contributed by atoms with van der Waals surface area (Å²) in [6.07, 6.45) is 3.12. The Balaban J connectivity index is 2.39. The molecular weight excluding hydrogens is 202 g/mol. The zero-order valence-corrected chi connectivity index (χ0v) is 11.2. The standard InChI is InChI=1S/C13H27NO2/c1-11-9-12(2,3)5-6-13(11,15)10-14-7-8-16-4/h11,14-15H,5-10H2,1-4H3. The van der Waals surface area contributed by atoms with Gasteiger partial charge in [0.1, 0.15) is 0 Å². The van der Waals surface area contributed by atoms with Crippen LogP contribution in [0.5, 0.6) is 0 Å². The number of ether oxygens (including phenoxy) is 1. The van der Waals surface area contributed by atoms with Crippen molar-refractivity contribution in [3.63, 3.8) is 0 Å². The van der Waals surface area contributed by atoms with Crippen molar-refractivity contribution < 1.29 is 9.84 Å². The molecule has 1 rings (SSSR count). The van der Waals surface area contributed by atoms with E-state index in [4.69, 9.17) is 4.74 Å². The summed E-state index contributed by atoms with van der Waals surface area (Å²) in [6, 6.07) is 0. The highest BCUT2D eigenvalue weighted by molar-refractivity contribution is 4.95. The molecule has 0 saturated heterocycles. The minimum absolute atomic E-state index is 0.367. The molecule has 16 heavy (non-hydrogen) atoms. The Morgan fingerprint density at radius 2 is 2.06 bits per heavy atom. The Hall–Kier alpha value is -0.120. The molecule has 0 aromatic rings. The summed E-state index contributed by atoms with van der Waals surface area (Å²) < 4.78 is 4.98. The maximum absolute atomic E-state index is 10.6. The van der Waals surface area contributed by atoms with Gasteiger partial charge in [-0.3, -0.25) is 0 Å². The van der Waals surface area contributed by atoms with E-state index in [-0.39, 0.29) is 0 Å². The van der Waals surface area contributed by atoms with Crippen molar-refractivity contribution in [2.24, 2.45) is 11.3 Å². The molecule has 0 heterocycles. The van der Waals surface area contributed by atoms with Crippen molar-refractivity contribution in [1.29, 1.82) is 0 Å². The topological polar surface area (TPSA) is 41.5 Å². The fraction of sp³-hybridized carbons (Fsp3) is 1.00. The maximum atomic E-state index is 10.6. The SMILES string of the molecule is COCCNCC1(O)CCC(C)(C)CC1C. The van der Waals surface area contributed by atoms with E-state index in [2.05, 4.69) is 26.1 Å². The zero-order valence-electron chi connectivity index (χ0n) is 11.2. The lowest BCUT2D eigenvalue weighted by molar-refractivity contribution is -0.0693. The maximum Gasteiger partial charge on any atom is 0.0797 e. The second-order valence-electron chi connectivity index (χ2n) is 6.04. The van der Waals surface area contributed by atoms with Crippen LogP contribution in [0.4, 0.5) is 0 Å². The summed E-state index contributed by atoms with van der Waals surface area (Å²) >= 11 is 0. The van der Waals surface area contributed by atoms with E-state index in [1.165, 1.54) is 0 Å².